The van der Waals surface area contributed by atoms with E-state index in [1.165, 1.54) is 6.92 Å². The number of carbonyl (C=O) groups is 2. The minimum absolute atomic E-state index is 0.405. The number of ketones is 2. The van der Waals surface area contributed by atoms with Gasteiger partial charge in [-0.15, -0.1) is 0 Å². The molecule has 0 heterocycles. The minimum Gasteiger partial charge on any atom is -0.291 e. The zero-order chi connectivity index (χ0) is 10.0. The number of benzene rings is 1. The third-order valence-corrected chi connectivity index (χ3v) is 1.95. The SMILES string of the molecule is CC(=O)C(=O)c1ccc(C)cc1C. The van der Waals surface area contributed by atoms with Crippen molar-refractivity contribution in [3.8, 4) is 0 Å². The molecule has 1 rings (SSSR count). The lowest BCUT2D eigenvalue weighted by Crippen LogP contribution is -2.11. The molecule has 0 saturated heterocycles. The summed E-state index contributed by atoms with van der Waals surface area (Å²) in [5.41, 5.74) is 2.47. The smallest absolute Gasteiger partial charge is 0.228 e. The van der Waals surface area contributed by atoms with Crippen molar-refractivity contribution in [3.05, 3.63) is 34.9 Å². The van der Waals surface area contributed by atoms with Gasteiger partial charge in [-0.3, -0.25) is 9.59 Å². The molecule has 1 aromatic carbocycles. The van der Waals surface area contributed by atoms with Crippen LogP contribution in [0.5, 0.6) is 0 Å². The van der Waals surface area contributed by atoms with Crippen LogP contribution in [-0.4, -0.2) is 11.6 Å². The molecular formula is C11H12O2. The molecule has 0 saturated carbocycles. The first-order valence-corrected chi connectivity index (χ1v) is 4.15. The summed E-state index contributed by atoms with van der Waals surface area (Å²) >= 11 is 0. The third kappa shape index (κ3) is 2.02. The first-order valence-electron chi connectivity index (χ1n) is 4.15. The molecule has 0 radical (unpaired) electrons. The highest BCUT2D eigenvalue weighted by Gasteiger charge is 2.12. The van der Waals surface area contributed by atoms with Crippen LogP contribution in [0.25, 0.3) is 0 Å². The molecule has 0 atom stereocenters. The number of hydrogen-bond donors (Lipinski definition) is 0. The Kier molecular flexibility index (Phi) is 2.61. The second-order valence-corrected chi connectivity index (χ2v) is 3.20. The molecule has 1 aromatic rings. The van der Waals surface area contributed by atoms with Gasteiger partial charge >= 0.3 is 0 Å². The second-order valence-electron chi connectivity index (χ2n) is 3.20. The first kappa shape index (κ1) is 9.65. The Morgan fingerprint density at radius 2 is 1.77 bits per heavy atom. The van der Waals surface area contributed by atoms with Crippen LogP contribution in [0.2, 0.25) is 0 Å². The van der Waals surface area contributed by atoms with E-state index in [-0.39, 0.29) is 0 Å². The molecule has 2 nitrogen and oxygen atoms in total. The van der Waals surface area contributed by atoms with E-state index in [1.807, 2.05) is 26.0 Å². The van der Waals surface area contributed by atoms with Crippen molar-refractivity contribution in [3.63, 3.8) is 0 Å². The Morgan fingerprint density at radius 3 is 2.23 bits per heavy atom. The molecule has 0 unspecified atom stereocenters. The molecular weight excluding hydrogens is 164 g/mol. The van der Waals surface area contributed by atoms with E-state index in [0.717, 1.165) is 11.1 Å². The van der Waals surface area contributed by atoms with Crippen molar-refractivity contribution in [2.75, 3.05) is 0 Å². The van der Waals surface area contributed by atoms with Crippen molar-refractivity contribution >= 4 is 11.6 Å². The lowest BCUT2D eigenvalue weighted by atomic mass is 10.0. The van der Waals surface area contributed by atoms with Crippen LogP contribution < -0.4 is 0 Å². The second kappa shape index (κ2) is 3.52. The maximum atomic E-state index is 11.3. The van der Waals surface area contributed by atoms with Crippen LogP contribution in [0.4, 0.5) is 0 Å². The third-order valence-electron chi connectivity index (χ3n) is 1.95. The Labute approximate surface area is 77.6 Å². The van der Waals surface area contributed by atoms with E-state index in [2.05, 4.69) is 0 Å². The van der Waals surface area contributed by atoms with Gasteiger partial charge < -0.3 is 0 Å². The van der Waals surface area contributed by atoms with Crippen LogP contribution in [-0.2, 0) is 4.79 Å². The number of hydrogen-bond acceptors (Lipinski definition) is 2. The molecule has 0 spiro atoms. The predicted molar refractivity (Wildman–Crippen MR) is 50.9 cm³/mol. The average Bonchev–Trinajstić information content (AvgIpc) is 2.03. The highest BCUT2D eigenvalue weighted by atomic mass is 16.2. The summed E-state index contributed by atoms with van der Waals surface area (Å²) in [6, 6.07) is 5.44. The van der Waals surface area contributed by atoms with Gasteiger partial charge in [-0.1, -0.05) is 23.8 Å². The van der Waals surface area contributed by atoms with Gasteiger partial charge in [0.15, 0.2) is 5.78 Å². The van der Waals surface area contributed by atoms with Crippen molar-refractivity contribution in [2.45, 2.75) is 20.8 Å². The largest absolute Gasteiger partial charge is 0.291 e. The molecule has 68 valence electrons. The van der Waals surface area contributed by atoms with E-state index in [0.29, 0.717) is 5.56 Å². The summed E-state index contributed by atoms with van der Waals surface area (Å²) in [5, 5.41) is 0. The first-order chi connectivity index (χ1) is 6.02. The molecule has 2 heteroatoms. The van der Waals surface area contributed by atoms with E-state index in [4.69, 9.17) is 0 Å². The fraction of sp³-hybridized carbons (Fsp3) is 0.273. The van der Waals surface area contributed by atoms with Crippen molar-refractivity contribution in [2.24, 2.45) is 0 Å². The molecule has 0 amide bonds. The van der Waals surface area contributed by atoms with E-state index < -0.39 is 11.6 Å². The molecule has 0 aliphatic heterocycles. The molecule has 0 N–H and O–H groups in total. The zero-order valence-corrected chi connectivity index (χ0v) is 8.05. The Bertz CT molecular complexity index is 364. The summed E-state index contributed by atoms with van der Waals surface area (Å²) in [6.07, 6.45) is 0. The lowest BCUT2D eigenvalue weighted by molar-refractivity contribution is -0.113. The number of Topliss-reactive ketones (excluding diaryl/α,β-unsaturated/α-hetero) is 2. The molecule has 0 fully saturated rings. The van der Waals surface area contributed by atoms with Gasteiger partial charge in [0, 0.05) is 12.5 Å². The van der Waals surface area contributed by atoms with Gasteiger partial charge in [-0.05, 0) is 19.4 Å². The van der Waals surface area contributed by atoms with Gasteiger partial charge in [0.1, 0.15) is 0 Å². The molecule has 0 aliphatic carbocycles. The van der Waals surface area contributed by atoms with Crippen molar-refractivity contribution in [1.82, 2.24) is 0 Å². The molecule has 0 aliphatic rings. The summed E-state index contributed by atoms with van der Waals surface area (Å²) in [5.74, 6) is -0.815. The molecule has 0 aromatic heterocycles. The Morgan fingerprint density at radius 1 is 1.15 bits per heavy atom. The van der Waals surface area contributed by atoms with Gasteiger partial charge in [-0.2, -0.15) is 0 Å². The molecule has 0 bridgehead atoms. The van der Waals surface area contributed by atoms with Gasteiger partial charge in [0.25, 0.3) is 0 Å². The van der Waals surface area contributed by atoms with E-state index in [9.17, 15) is 9.59 Å². The van der Waals surface area contributed by atoms with E-state index >= 15 is 0 Å². The van der Waals surface area contributed by atoms with E-state index in [1.54, 1.807) is 6.07 Å². The van der Waals surface area contributed by atoms with Gasteiger partial charge in [0.05, 0.1) is 0 Å². The quantitative estimate of drug-likeness (QED) is 0.510. The Hall–Kier alpha value is -1.44. The number of carbonyl (C=O) groups excluding carboxylic acids is 2. The fourth-order valence-electron chi connectivity index (χ4n) is 1.26. The number of aryl methyl sites for hydroxylation is 2. The van der Waals surface area contributed by atoms with Gasteiger partial charge in [-0.25, -0.2) is 0 Å². The van der Waals surface area contributed by atoms with Crippen molar-refractivity contribution < 1.29 is 9.59 Å². The maximum absolute atomic E-state index is 11.3. The fourth-order valence-corrected chi connectivity index (χ4v) is 1.26. The highest BCUT2D eigenvalue weighted by molar-refractivity contribution is 6.43. The minimum atomic E-state index is -0.410. The highest BCUT2D eigenvalue weighted by Crippen LogP contribution is 2.11. The Balaban J connectivity index is 3.16. The standard InChI is InChI=1S/C11H12O2/c1-7-4-5-10(8(2)6-7)11(13)9(3)12/h4-6H,1-3H3. The monoisotopic (exact) mass is 176 g/mol. The zero-order valence-electron chi connectivity index (χ0n) is 8.05. The van der Waals surface area contributed by atoms with Crippen LogP contribution in [0, 0.1) is 13.8 Å². The summed E-state index contributed by atoms with van der Waals surface area (Å²) in [6.45, 7) is 5.08. The lowest BCUT2D eigenvalue weighted by Gasteiger charge is -2.02. The summed E-state index contributed by atoms with van der Waals surface area (Å²) in [7, 11) is 0. The average molecular weight is 176 g/mol. The van der Waals surface area contributed by atoms with Crippen LogP contribution >= 0.6 is 0 Å². The van der Waals surface area contributed by atoms with Crippen LogP contribution in [0.15, 0.2) is 18.2 Å². The number of rotatable bonds is 2. The topological polar surface area (TPSA) is 34.1 Å². The predicted octanol–water partition coefficient (Wildman–Crippen LogP) is 2.08. The van der Waals surface area contributed by atoms with Crippen molar-refractivity contribution in [1.29, 1.82) is 0 Å². The molecule has 13 heavy (non-hydrogen) atoms. The summed E-state index contributed by atoms with van der Waals surface area (Å²) < 4.78 is 0. The van der Waals surface area contributed by atoms with Crippen LogP contribution in [0.1, 0.15) is 28.4 Å². The van der Waals surface area contributed by atoms with Gasteiger partial charge in [0.2, 0.25) is 5.78 Å². The maximum Gasteiger partial charge on any atom is 0.228 e. The summed E-state index contributed by atoms with van der Waals surface area (Å²) in [4.78, 5) is 22.2. The van der Waals surface area contributed by atoms with Crippen LogP contribution in [0.3, 0.4) is 0 Å². The normalized spacial score (nSPS) is 9.77.